The van der Waals surface area contributed by atoms with Crippen LogP contribution in [-0.4, -0.2) is 32.2 Å². The first kappa shape index (κ1) is 18.4. The Bertz CT molecular complexity index is 940. The zero-order valence-electron chi connectivity index (χ0n) is 15.4. The number of hydrogen-bond acceptors (Lipinski definition) is 5. The van der Waals surface area contributed by atoms with Gasteiger partial charge in [-0.3, -0.25) is 4.79 Å². The highest BCUT2D eigenvalue weighted by molar-refractivity contribution is 7.17. The van der Waals surface area contributed by atoms with Crippen LogP contribution in [0.25, 0.3) is 10.4 Å². The van der Waals surface area contributed by atoms with E-state index in [1.165, 1.54) is 11.3 Å². The van der Waals surface area contributed by atoms with Crippen molar-refractivity contribution in [1.82, 2.24) is 5.32 Å². The molecule has 28 heavy (non-hydrogen) atoms. The lowest BCUT2D eigenvalue weighted by atomic mass is 10.1. The molecule has 2 N–H and O–H groups in total. The van der Waals surface area contributed by atoms with Crippen LogP contribution in [0.4, 0.5) is 5.69 Å². The molecule has 0 saturated heterocycles. The van der Waals surface area contributed by atoms with Crippen LogP contribution in [0.3, 0.4) is 0 Å². The van der Waals surface area contributed by atoms with Gasteiger partial charge in [0.05, 0.1) is 4.88 Å². The Morgan fingerprint density at radius 1 is 0.929 bits per heavy atom. The van der Waals surface area contributed by atoms with Gasteiger partial charge in [0.1, 0.15) is 13.2 Å². The number of rotatable bonds is 7. The third kappa shape index (κ3) is 4.46. The van der Waals surface area contributed by atoms with Crippen LogP contribution in [0.2, 0.25) is 0 Å². The minimum absolute atomic E-state index is 0.0338. The molecule has 144 valence electrons. The van der Waals surface area contributed by atoms with Crippen LogP contribution in [0.15, 0.2) is 60.7 Å². The molecule has 1 aliphatic rings. The molecular formula is C22H22N2O3S. The number of thiophene rings is 1. The molecule has 1 aromatic heterocycles. The third-order valence-electron chi connectivity index (χ3n) is 4.40. The van der Waals surface area contributed by atoms with E-state index in [1.54, 1.807) is 0 Å². The fraction of sp³-hybridized carbons (Fsp3) is 0.227. The minimum atomic E-state index is -0.0338. The van der Waals surface area contributed by atoms with E-state index in [4.69, 9.17) is 9.47 Å². The van der Waals surface area contributed by atoms with Crippen molar-refractivity contribution < 1.29 is 14.3 Å². The van der Waals surface area contributed by atoms with Crippen LogP contribution < -0.4 is 20.1 Å². The number of fused-ring (bicyclic) bond motifs is 1. The average Bonchev–Trinajstić information content (AvgIpc) is 3.24. The summed E-state index contributed by atoms with van der Waals surface area (Å²) in [6, 6.07) is 19.8. The molecule has 0 bridgehead atoms. The van der Waals surface area contributed by atoms with Crippen molar-refractivity contribution in [2.24, 2.45) is 0 Å². The smallest absolute Gasteiger partial charge is 0.261 e. The highest BCUT2D eigenvalue weighted by Crippen LogP contribution is 2.36. The molecule has 0 unspecified atom stereocenters. The van der Waals surface area contributed by atoms with Crippen molar-refractivity contribution in [3.63, 3.8) is 0 Å². The molecule has 1 amide bonds. The molecule has 0 saturated carbocycles. The highest BCUT2D eigenvalue weighted by Gasteiger charge is 2.14. The van der Waals surface area contributed by atoms with E-state index in [-0.39, 0.29) is 5.91 Å². The predicted molar refractivity (Wildman–Crippen MR) is 113 cm³/mol. The Hall–Kier alpha value is -2.99. The number of benzene rings is 2. The van der Waals surface area contributed by atoms with Crippen LogP contribution >= 0.6 is 11.3 Å². The van der Waals surface area contributed by atoms with Crippen molar-refractivity contribution in [3.8, 4) is 21.9 Å². The van der Waals surface area contributed by atoms with E-state index in [1.807, 2.05) is 60.7 Å². The van der Waals surface area contributed by atoms with E-state index in [0.717, 1.165) is 40.6 Å². The van der Waals surface area contributed by atoms with Gasteiger partial charge in [-0.2, -0.15) is 0 Å². The molecule has 3 aromatic rings. The second-order valence-corrected chi connectivity index (χ2v) is 7.51. The van der Waals surface area contributed by atoms with Gasteiger partial charge in [-0.25, -0.2) is 0 Å². The second-order valence-electron chi connectivity index (χ2n) is 6.42. The lowest BCUT2D eigenvalue weighted by Gasteiger charge is -2.18. The number of carbonyl (C=O) groups excluding carboxylic acids is 1. The van der Waals surface area contributed by atoms with Gasteiger partial charge in [0.15, 0.2) is 11.5 Å². The molecule has 0 atom stereocenters. The molecule has 0 aliphatic carbocycles. The Morgan fingerprint density at radius 2 is 1.75 bits per heavy atom. The molecular weight excluding hydrogens is 372 g/mol. The summed E-state index contributed by atoms with van der Waals surface area (Å²) in [4.78, 5) is 14.1. The standard InChI is InChI=1S/C22H22N2O3S/c25-22(24-12-4-11-23-17-5-2-1-3-6-17)21-10-9-20(28-21)16-7-8-18-19(15-16)27-14-13-26-18/h1-3,5-10,15,23H,4,11-14H2,(H,24,25). The Balaban J connectivity index is 1.28. The van der Waals surface area contributed by atoms with Crippen molar-refractivity contribution >= 4 is 22.9 Å². The van der Waals surface area contributed by atoms with E-state index >= 15 is 0 Å². The summed E-state index contributed by atoms with van der Waals surface area (Å²) in [5.41, 5.74) is 2.12. The molecule has 0 spiro atoms. The maximum absolute atomic E-state index is 12.4. The molecule has 0 radical (unpaired) electrons. The van der Waals surface area contributed by atoms with E-state index < -0.39 is 0 Å². The largest absolute Gasteiger partial charge is 0.486 e. The summed E-state index contributed by atoms with van der Waals surface area (Å²) in [6.07, 6.45) is 0.862. The first-order valence-electron chi connectivity index (χ1n) is 9.36. The molecule has 0 fully saturated rings. The molecule has 5 nitrogen and oxygen atoms in total. The molecule has 1 aliphatic heterocycles. The molecule has 2 heterocycles. The van der Waals surface area contributed by atoms with Crippen molar-refractivity contribution in [1.29, 1.82) is 0 Å². The minimum Gasteiger partial charge on any atom is -0.486 e. The first-order valence-corrected chi connectivity index (χ1v) is 10.2. The van der Waals surface area contributed by atoms with Crippen LogP contribution in [-0.2, 0) is 0 Å². The first-order chi connectivity index (χ1) is 13.8. The summed E-state index contributed by atoms with van der Waals surface area (Å²) in [5.74, 6) is 1.50. The molecule has 4 rings (SSSR count). The predicted octanol–water partition coefficient (Wildman–Crippen LogP) is 4.42. The Labute approximate surface area is 168 Å². The van der Waals surface area contributed by atoms with Crippen molar-refractivity contribution in [2.75, 3.05) is 31.6 Å². The maximum atomic E-state index is 12.4. The van der Waals surface area contributed by atoms with Crippen LogP contribution in [0, 0.1) is 0 Å². The number of hydrogen-bond donors (Lipinski definition) is 2. The van der Waals surface area contributed by atoms with Crippen molar-refractivity contribution in [3.05, 3.63) is 65.5 Å². The number of ether oxygens (including phenoxy) is 2. The van der Waals surface area contributed by atoms with E-state index in [2.05, 4.69) is 10.6 Å². The molecule has 2 aromatic carbocycles. The third-order valence-corrected chi connectivity index (χ3v) is 5.53. The SMILES string of the molecule is O=C(NCCCNc1ccccc1)c1ccc(-c2ccc3c(c2)OCCO3)s1. The summed E-state index contributed by atoms with van der Waals surface area (Å²) < 4.78 is 11.2. The zero-order valence-corrected chi connectivity index (χ0v) is 16.3. The Morgan fingerprint density at radius 3 is 2.61 bits per heavy atom. The number of amides is 1. The quantitative estimate of drug-likeness (QED) is 0.583. The fourth-order valence-corrected chi connectivity index (χ4v) is 3.90. The van der Waals surface area contributed by atoms with Crippen LogP contribution in [0.1, 0.15) is 16.1 Å². The zero-order chi connectivity index (χ0) is 19.2. The lowest BCUT2D eigenvalue weighted by molar-refractivity contribution is 0.0957. The normalized spacial score (nSPS) is 12.4. The number of nitrogens with one attached hydrogen (secondary N) is 2. The summed E-state index contributed by atoms with van der Waals surface area (Å²) in [5, 5.41) is 6.32. The van der Waals surface area contributed by atoms with E-state index in [0.29, 0.717) is 24.6 Å². The lowest BCUT2D eigenvalue weighted by Crippen LogP contribution is -2.25. The topological polar surface area (TPSA) is 59.6 Å². The number of para-hydroxylation sites is 1. The number of anilines is 1. The van der Waals surface area contributed by atoms with Gasteiger partial charge in [-0.05, 0) is 54.4 Å². The maximum Gasteiger partial charge on any atom is 0.261 e. The van der Waals surface area contributed by atoms with Gasteiger partial charge in [-0.1, -0.05) is 18.2 Å². The van der Waals surface area contributed by atoms with E-state index in [9.17, 15) is 4.79 Å². The summed E-state index contributed by atoms with van der Waals surface area (Å²) in [6.45, 7) is 2.59. The Kier molecular flexibility index (Phi) is 5.77. The van der Waals surface area contributed by atoms with Gasteiger partial charge in [-0.15, -0.1) is 11.3 Å². The second kappa shape index (κ2) is 8.80. The average molecular weight is 394 g/mol. The summed E-state index contributed by atoms with van der Waals surface area (Å²) in [7, 11) is 0. The van der Waals surface area contributed by atoms with Gasteiger partial charge in [0.2, 0.25) is 0 Å². The van der Waals surface area contributed by atoms with Gasteiger partial charge < -0.3 is 20.1 Å². The molecule has 6 heteroatoms. The highest BCUT2D eigenvalue weighted by atomic mass is 32.1. The van der Waals surface area contributed by atoms with Crippen molar-refractivity contribution in [2.45, 2.75) is 6.42 Å². The monoisotopic (exact) mass is 394 g/mol. The fourth-order valence-electron chi connectivity index (χ4n) is 2.98. The summed E-state index contributed by atoms with van der Waals surface area (Å²) >= 11 is 1.48. The number of carbonyl (C=O) groups is 1. The van der Waals surface area contributed by atoms with Gasteiger partial charge in [0.25, 0.3) is 5.91 Å². The van der Waals surface area contributed by atoms with Gasteiger partial charge >= 0.3 is 0 Å². The van der Waals surface area contributed by atoms with Gasteiger partial charge in [0, 0.05) is 23.7 Å². The van der Waals surface area contributed by atoms with Crippen LogP contribution in [0.5, 0.6) is 11.5 Å².